The van der Waals surface area contributed by atoms with Gasteiger partial charge in [-0.05, 0) is 31.9 Å². The Morgan fingerprint density at radius 2 is 2.33 bits per heavy atom. The van der Waals surface area contributed by atoms with Crippen LogP contribution in [0.1, 0.15) is 18.9 Å². The Bertz CT molecular complexity index is 320. The zero-order valence-electron chi connectivity index (χ0n) is 9.25. The molecule has 0 spiro atoms. The average molecular weight is 230 g/mol. The van der Waals surface area contributed by atoms with Crippen molar-refractivity contribution in [3.05, 3.63) is 17.0 Å². The summed E-state index contributed by atoms with van der Waals surface area (Å²) in [6, 6.07) is 0.301. The monoisotopic (exact) mass is 229 g/mol. The van der Waals surface area contributed by atoms with Crippen molar-refractivity contribution in [2.45, 2.75) is 26.3 Å². The maximum absolute atomic E-state index is 5.72. The van der Waals surface area contributed by atoms with Gasteiger partial charge < -0.3 is 10.1 Å². The second-order valence-electron chi connectivity index (χ2n) is 3.50. The van der Waals surface area contributed by atoms with E-state index in [9.17, 15) is 0 Å². The molecule has 4 nitrogen and oxygen atoms in total. The third-order valence-electron chi connectivity index (χ3n) is 2.08. The Morgan fingerprint density at radius 3 is 3.00 bits per heavy atom. The minimum absolute atomic E-state index is 0.266. The molecule has 1 atom stereocenters. The molecule has 84 valence electrons. The first-order chi connectivity index (χ1) is 7.13. The van der Waals surface area contributed by atoms with Crippen LogP contribution in [0.4, 0.5) is 5.82 Å². The normalized spacial score (nSPS) is 12.5. The molecular weight excluding hydrogens is 214 g/mol. The third kappa shape index (κ3) is 4.01. The molecule has 0 aromatic carbocycles. The second kappa shape index (κ2) is 5.88. The SMILES string of the molecule is COCCC(C)Nc1nc(Cl)ncc1C. The largest absolute Gasteiger partial charge is 0.385 e. The Balaban J connectivity index is 2.59. The molecule has 0 saturated carbocycles. The summed E-state index contributed by atoms with van der Waals surface area (Å²) in [4.78, 5) is 8.02. The Kier molecular flexibility index (Phi) is 4.78. The van der Waals surface area contributed by atoms with E-state index < -0.39 is 0 Å². The number of halogens is 1. The van der Waals surface area contributed by atoms with E-state index in [2.05, 4.69) is 22.2 Å². The fraction of sp³-hybridized carbons (Fsp3) is 0.600. The van der Waals surface area contributed by atoms with Gasteiger partial charge in [-0.15, -0.1) is 0 Å². The van der Waals surface area contributed by atoms with Crippen molar-refractivity contribution in [2.75, 3.05) is 19.0 Å². The summed E-state index contributed by atoms with van der Waals surface area (Å²) < 4.78 is 5.01. The number of aromatic nitrogens is 2. The van der Waals surface area contributed by atoms with Crippen molar-refractivity contribution in [3.63, 3.8) is 0 Å². The molecule has 0 saturated heterocycles. The molecule has 0 aliphatic carbocycles. The molecule has 1 N–H and O–H groups in total. The number of nitrogens with zero attached hydrogens (tertiary/aromatic N) is 2. The summed E-state index contributed by atoms with van der Waals surface area (Å²) in [5, 5.41) is 3.54. The third-order valence-corrected chi connectivity index (χ3v) is 2.26. The van der Waals surface area contributed by atoms with Crippen molar-refractivity contribution in [1.82, 2.24) is 9.97 Å². The summed E-state index contributed by atoms with van der Waals surface area (Å²) in [7, 11) is 1.69. The van der Waals surface area contributed by atoms with Crippen molar-refractivity contribution in [2.24, 2.45) is 0 Å². The molecule has 0 fully saturated rings. The van der Waals surface area contributed by atoms with Gasteiger partial charge in [0, 0.05) is 31.5 Å². The number of rotatable bonds is 5. The van der Waals surface area contributed by atoms with Crippen LogP contribution >= 0.6 is 11.6 Å². The van der Waals surface area contributed by atoms with Crippen LogP contribution in [0.5, 0.6) is 0 Å². The Labute approximate surface area is 95.0 Å². The first-order valence-electron chi connectivity index (χ1n) is 4.88. The lowest BCUT2D eigenvalue weighted by Gasteiger charge is -2.15. The highest BCUT2D eigenvalue weighted by Crippen LogP contribution is 2.14. The number of anilines is 1. The van der Waals surface area contributed by atoms with Gasteiger partial charge in [0.2, 0.25) is 5.28 Å². The quantitative estimate of drug-likeness (QED) is 0.787. The molecule has 0 aliphatic rings. The van der Waals surface area contributed by atoms with Crippen molar-refractivity contribution in [3.8, 4) is 0 Å². The Hall–Kier alpha value is -0.870. The van der Waals surface area contributed by atoms with E-state index in [-0.39, 0.29) is 5.28 Å². The minimum Gasteiger partial charge on any atom is -0.385 e. The maximum Gasteiger partial charge on any atom is 0.224 e. The highest BCUT2D eigenvalue weighted by molar-refractivity contribution is 6.28. The van der Waals surface area contributed by atoms with Crippen LogP contribution in [-0.4, -0.2) is 29.7 Å². The first kappa shape index (κ1) is 12.2. The number of hydrogen-bond acceptors (Lipinski definition) is 4. The van der Waals surface area contributed by atoms with E-state index in [0.717, 1.165) is 24.4 Å². The van der Waals surface area contributed by atoms with E-state index in [0.29, 0.717) is 6.04 Å². The number of hydrogen-bond donors (Lipinski definition) is 1. The van der Waals surface area contributed by atoms with Crippen LogP contribution in [0.3, 0.4) is 0 Å². The van der Waals surface area contributed by atoms with Gasteiger partial charge in [-0.1, -0.05) is 0 Å². The van der Waals surface area contributed by atoms with Crippen LogP contribution < -0.4 is 5.32 Å². The van der Waals surface area contributed by atoms with E-state index in [1.165, 1.54) is 0 Å². The second-order valence-corrected chi connectivity index (χ2v) is 3.84. The lowest BCUT2D eigenvalue weighted by molar-refractivity contribution is 0.191. The first-order valence-corrected chi connectivity index (χ1v) is 5.26. The van der Waals surface area contributed by atoms with Gasteiger partial charge >= 0.3 is 0 Å². The van der Waals surface area contributed by atoms with Crippen LogP contribution in [0, 0.1) is 6.92 Å². The fourth-order valence-corrected chi connectivity index (χ4v) is 1.30. The zero-order chi connectivity index (χ0) is 11.3. The van der Waals surface area contributed by atoms with Crippen molar-refractivity contribution >= 4 is 17.4 Å². The van der Waals surface area contributed by atoms with Crippen molar-refractivity contribution in [1.29, 1.82) is 0 Å². The molecule has 0 amide bonds. The molecular formula is C10H16ClN3O. The molecule has 0 bridgehead atoms. The number of ether oxygens (including phenoxy) is 1. The molecule has 1 unspecified atom stereocenters. The predicted octanol–water partition coefficient (Wildman–Crippen LogP) is 2.28. The average Bonchev–Trinajstić information content (AvgIpc) is 2.20. The van der Waals surface area contributed by atoms with Gasteiger partial charge in [0.05, 0.1) is 0 Å². The van der Waals surface area contributed by atoms with Gasteiger partial charge in [-0.25, -0.2) is 9.97 Å². The lowest BCUT2D eigenvalue weighted by atomic mass is 10.2. The van der Waals surface area contributed by atoms with E-state index in [4.69, 9.17) is 16.3 Å². The highest BCUT2D eigenvalue weighted by Gasteiger charge is 2.06. The molecule has 15 heavy (non-hydrogen) atoms. The summed E-state index contributed by atoms with van der Waals surface area (Å²) in [5.41, 5.74) is 0.990. The van der Waals surface area contributed by atoms with E-state index in [1.54, 1.807) is 13.3 Å². The minimum atomic E-state index is 0.266. The van der Waals surface area contributed by atoms with Gasteiger partial charge in [-0.2, -0.15) is 0 Å². The number of aryl methyl sites for hydroxylation is 1. The molecule has 0 radical (unpaired) electrons. The summed E-state index contributed by atoms with van der Waals surface area (Å²) in [5.74, 6) is 0.790. The molecule has 1 rings (SSSR count). The maximum atomic E-state index is 5.72. The molecule has 1 aromatic heterocycles. The lowest BCUT2D eigenvalue weighted by Crippen LogP contribution is -2.18. The van der Waals surface area contributed by atoms with Gasteiger partial charge in [0.1, 0.15) is 5.82 Å². The van der Waals surface area contributed by atoms with Crippen LogP contribution in [0.15, 0.2) is 6.20 Å². The fourth-order valence-electron chi connectivity index (χ4n) is 1.17. The molecule has 5 heteroatoms. The van der Waals surface area contributed by atoms with Crippen molar-refractivity contribution < 1.29 is 4.74 Å². The number of nitrogens with one attached hydrogen (secondary N) is 1. The molecule has 0 aliphatic heterocycles. The van der Waals surface area contributed by atoms with Gasteiger partial charge in [0.25, 0.3) is 0 Å². The standard InChI is InChI=1S/C10H16ClN3O/c1-7-6-12-10(11)14-9(7)13-8(2)4-5-15-3/h6,8H,4-5H2,1-3H3,(H,12,13,14). The van der Waals surface area contributed by atoms with E-state index >= 15 is 0 Å². The van der Waals surface area contributed by atoms with Crippen LogP contribution in [0.25, 0.3) is 0 Å². The zero-order valence-corrected chi connectivity index (χ0v) is 10.0. The predicted molar refractivity (Wildman–Crippen MR) is 61.4 cm³/mol. The van der Waals surface area contributed by atoms with Gasteiger partial charge in [0.15, 0.2) is 0 Å². The highest BCUT2D eigenvalue weighted by atomic mass is 35.5. The van der Waals surface area contributed by atoms with Gasteiger partial charge in [-0.3, -0.25) is 0 Å². The summed E-state index contributed by atoms with van der Waals surface area (Å²) in [6.07, 6.45) is 2.64. The number of methoxy groups -OCH3 is 1. The molecule has 1 heterocycles. The summed E-state index contributed by atoms with van der Waals surface area (Å²) in [6.45, 7) is 4.75. The smallest absolute Gasteiger partial charge is 0.224 e. The Morgan fingerprint density at radius 1 is 1.60 bits per heavy atom. The summed E-state index contributed by atoms with van der Waals surface area (Å²) >= 11 is 5.72. The molecule has 1 aromatic rings. The topological polar surface area (TPSA) is 47.0 Å². The van der Waals surface area contributed by atoms with Crippen LogP contribution in [0.2, 0.25) is 5.28 Å². The van der Waals surface area contributed by atoms with Crippen LogP contribution in [-0.2, 0) is 4.74 Å². The van der Waals surface area contributed by atoms with E-state index in [1.807, 2.05) is 6.92 Å².